The second-order valence-corrected chi connectivity index (χ2v) is 4.74. The van der Waals surface area contributed by atoms with Crippen LogP contribution in [-0.2, 0) is 0 Å². The van der Waals surface area contributed by atoms with Crippen LogP contribution in [0.5, 0.6) is 0 Å². The van der Waals surface area contributed by atoms with Gasteiger partial charge in [-0.2, -0.15) is 0 Å². The van der Waals surface area contributed by atoms with Crippen LogP contribution in [0.2, 0.25) is 5.02 Å². The zero-order valence-corrected chi connectivity index (χ0v) is 11.4. The van der Waals surface area contributed by atoms with E-state index in [0.29, 0.717) is 21.1 Å². The molecule has 2 aromatic rings. The molecule has 0 unspecified atom stereocenters. The van der Waals surface area contributed by atoms with Gasteiger partial charge in [-0.15, -0.1) is 0 Å². The summed E-state index contributed by atoms with van der Waals surface area (Å²) >= 11 is 9.23. The van der Waals surface area contributed by atoms with Gasteiger partial charge in [0.2, 0.25) is 0 Å². The van der Waals surface area contributed by atoms with Crippen LogP contribution < -0.4 is 11.1 Å². The SMILES string of the molecule is Cc1cc(Cl)ccc1Nc1ncnc(N)c1Br. The molecule has 0 amide bonds. The Morgan fingerprint density at radius 1 is 1.35 bits per heavy atom. The van der Waals surface area contributed by atoms with Gasteiger partial charge in [0, 0.05) is 10.7 Å². The first kappa shape index (κ1) is 12.1. The molecule has 3 N–H and O–H groups in total. The molecular weight excluding hydrogens is 304 g/mol. The van der Waals surface area contributed by atoms with E-state index in [0.717, 1.165) is 11.3 Å². The minimum Gasteiger partial charge on any atom is -0.383 e. The number of nitrogens with one attached hydrogen (secondary N) is 1. The van der Waals surface area contributed by atoms with Crippen molar-refractivity contribution in [3.63, 3.8) is 0 Å². The number of aromatic nitrogens is 2. The summed E-state index contributed by atoms with van der Waals surface area (Å²) in [6.07, 6.45) is 1.41. The zero-order chi connectivity index (χ0) is 12.4. The first-order valence-corrected chi connectivity index (χ1v) is 6.04. The highest BCUT2D eigenvalue weighted by molar-refractivity contribution is 9.10. The minimum absolute atomic E-state index is 0.397. The number of benzene rings is 1. The molecule has 6 heteroatoms. The van der Waals surface area contributed by atoms with Gasteiger partial charge in [0.25, 0.3) is 0 Å². The number of aryl methyl sites for hydroxylation is 1. The Bertz CT molecular complexity index is 559. The molecule has 1 aromatic heterocycles. The van der Waals surface area contributed by atoms with Crippen LogP contribution in [0, 0.1) is 6.92 Å². The number of rotatable bonds is 2. The number of anilines is 3. The molecule has 0 atom stereocenters. The number of nitrogens with two attached hydrogens (primary N) is 1. The largest absolute Gasteiger partial charge is 0.383 e. The van der Waals surface area contributed by atoms with E-state index in [1.807, 2.05) is 25.1 Å². The van der Waals surface area contributed by atoms with Crippen LogP contribution in [-0.4, -0.2) is 9.97 Å². The lowest BCUT2D eigenvalue weighted by molar-refractivity contribution is 1.16. The lowest BCUT2D eigenvalue weighted by atomic mass is 10.2. The molecular formula is C11H10BrClN4. The third kappa shape index (κ3) is 2.68. The molecule has 4 nitrogen and oxygen atoms in total. The van der Waals surface area contributed by atoms with Gasteiger partial charge in [-0.3, -0.25) is 0 Å². The van der Waals surface area contributed by atoms with E-state index in [2.05, 4.69) is 31.2 Å². The fraction of sp³-hybridized carbons (Fsp3) is 0.0909. The Balaban J connectivity index is 2.35. The van der Waals surface area contributed by atoms with Crippen molar-refractivity contribution < 1.29 is 0 Å². The van der Waals surface area contributed by atoms with Gasteiger partial charge in [0.1, 0.15) is 22.4 Å². The number of nitrogens with zero attached hydrogens (tertiary/aromatic N) is 2. The third-order valence-electron chi connectivity index (χ3n) is 2.26. The van der Waals surface area contributed by atoms with E-state index in [-0.39, 0.29) is 0 Å². The van der Waals surface area contributed by atoms with Crippen LogP contribution in [0.4, 0.5) is 17.3 Å². The quantitative estimate of drug-likeness (QED) is 0.890. The molecule has 2 rings (SSSR count). The molecule has 0 aliphatic rings. The van der Waals surface area contributed by atoms with E-state index >= 15 is 0 Å². The molecule has 0 aliphatic heterocycles. The van der Waals surface area contributed by atoms with Crippen molar-refractivity contribution in [3.8, 4) is 0 Å². The number of nitrogen functional groups attached to an aromatic ring is 1. The Labute approximate surface area is 112 Å². The lowest BCUT2D eigenvalue weighted by Gasteiger charge is -2.10. The smallest absolute Gasteiger partial charge is 0.150 e. The van der Waals surface area contributed by atoms with Crippen LogP contribution in [0.1, 0.15) is 5.56 Å². The molecule has 0 saturated carbocycles. The van der Waals surface area contributed by atoms with Crippen LogP contribution in [0.15, 0.2) is 29.0 Å². The molecule has 0 spiro atoms. The Kier molecular flexibility index (Phi) is 3.49. The van der Waals surface area contributed by atoms with Crippen LogP contribution in [0.25, 0.3) is 0 Å². The van der Waals surface area contributed by atoms with Gasteiger partial charge < -0.3 is 11.1 Å². The molecule has 17 heavy (non-hydrogen) atoms. The maximum absolute atomic E-state index is 5.89. The van der Waals surface area contributed by atoms with Crippen LogP contribution >= 0.6 is 27.5 Å². The van der Waals surface area contributed by atoms with Crippen molar-refractivity contribution in [1.82, 2.24) is 9.97 Å². The summed E-state index contributed by atoms with van der Waals surface area (Å²) in [7, 11) is 0. The maximum atomic E-state index is 5.89. The highest BCUT2D eigenvalue weighted by Crippen LogP contribution is 2.29. The Hall–Kier alpha value is -1.33. The van der Waals surface area contributed by atoms with Crippen molar-refractivity contribution in [2.75, 3.05) is 11.1 Å². The minimum atomic E-state index is 0.397. The molecule has 0 fully saturated rings. The second kappa shape index (κ2) is 4.89. The normalized spacial score (nSPS) is 10.3. The summed E-state index contributed by atoms with van der Waals surface area (Å²) in [6, 6.07) is 5.58. The summed E-state index contributed by atoms with van der Waals surface area (Å²) in [4.78, 5) is 7.99. The third-order valence-corrected chi connectivity index (χ3v) is 3.27. The monoisotopic (exact) mass is 312 g/mol. The van der Waals surface area contributed by atoms with Gasteiger partial charge in [0.05, 0.1) is 0 Å². The lowest BCUT2D eigenvalue weighted by Crippen LogP contribution is -2.00. The van der Waals surface area contributed by atoms with E-state index in [9.17, 15) is 0 Å². The van der Waals surface area contributed by atoms with Gasteiger partial charge in [0.15, 0.2) is 0 Å². The van der Waals surface area contributed by atoms with E-state index < -0.39 is 0 Å². The zero-order valence-electron chi connectivity index (χ0n) is 9.04. The predicted molar refractivity (Wildman–Crippen MR) is 73.6 cm³/mol. The predicted octanol–water partition coefficient (Wildman–Crippen LogP) is 3.53. The highest BCUT2D eigenvalue weighted by Gasteiger charge is 2.07. The first-order chi connectivity index (χ1) is 8.08. The number of halogens is 2. The summed E-state index contributed by atoms with van der Waals surface area (Å²) in [6.45, 7) is 1.96. The molecule has 1 aromatic carbocycles. The number of hydrogen-bond acceptors (Lipinski definition) is 4. The highest BCUT2D eigenvalue weighted by atomic mass is 79.9. The average Bonchev–Trinajstić information content (AvgIpc) is 2.28. The first-order valence-electron chi connectivity index (χ1n) is 4.87. The molecule has 0 radical (unpaired) electrons. The fourth-order valence-electron chi connectivity index (χ4n) is 1.37. The molecule has 88 valence electrons. The molecule has 0 saturated heterocycles. The van der Waals surface area contributed by atoms with Crippen molar-refractivity contribution in [2.45, 2.75) is 6.92 Å². The van der Waals surface area contributed by atoms with E-state index in [1.54, 1.807) is 0 Å². The molecule has 0 bridgehead atoms. The average molecular weight is 314 g/mol. The van der Waals surface area contributed by atoms with Crippen molar-refractivity contribution >= 4 is 44.9 Å². The van der Waals surface area contributed by atoms with Gasteiger partial charge in [-0.1, -0.05) is 11.6 Å². The van der Waals surface area contributed by atoms with E-state index in [4.69, 9.17) is 17.3 Å². The van der Waals surface area contributed by atoms with Crippen molar-refractivity contribution in [1.29, 1.82) is 0 Å². The van der Waals surface area contributed by atoms with Gasteiger partial charge in [-0.25, -0.2) is 9.97 Å². The fourth-order valence-corrected chi connectivity index (χ4v) is 1.90. The van der Waals surface area contributed by atoms with Crippen molar-refractivity contribution in [3.05, 3.63) is 39.6 Å². The van der Waals surface area contributed by atoms with E-state index in [1.165, 1.54) is 6.33 Å². The van der Waals surface area contributed by atoms with Gasteiger partial charge in [-0.05, 0) is 46.6 Å². The second-order valence-electron chi connectivity index (χ2n) is 3.51. The van der Waals surface area contributed by atoms with Crippen molar-refractivity contribution in [2.24, 2.45) is 0 Å². The standard InChI is InChI=1S/C11H10BrClN4/c1-6-4-7(13)2-3-8(6)17-11-9(12)10(14)15-5-16-11/h2-5H,1H3,(H3,14,15,16,17). The topological polar surface area (TPSA) is 63.8 Å². The maximum Gasteiger partial charge on any atom is 0.150 e. The Morgan fingerprint density at radius 3 is 2.82 bits per heavy atom. The molecule has 0 aliphatic carbocycles. The summed E-state index contributed by atoms with van der Waals surface area (Å²) in [5.41, 5.74) is 7.63. The molecule has 1 heterocycles. The van der Waals surface area contributed by atoms with Crippen LogP contribution in [0.3, 0.4) is 0 Å². The number of hydrogen-bond donors (Lipinski definition) is 2. The van der Waals surface area contributed by atoms with Gasteiger partial charge >= 0.3 is 0 Å². The Morgan fingerprint density at radius 2 is 2.12 bits per heavy atom. The summed E-state index contributed by atoms with van der Waals surface area (Å²) in [5, 5.41) is 3.87. The summed E-state index contributed by atoms with van der Waals surface area (Å²) in [5.74, 6) is 1.03. The summed E-state index contributed by atoms with van der Waals surface area (Å²) < 4.78 is 0.648.